The second kappa shape index (κ2) is 6.07. The Labute approximate surface area is 154 Å². The van der Waals surface area contributed by atoms with Crippen molar-refractivity contribution in [1.29, 1.82) is 0 Å². The highest BCUT2D eigenvalue weighted by molar-refractivity contribution is 9.10. The van der Waals surface area contributed by atoms with Gasteiger partial charge in [0, 0.05) is 28.3 Å². The first-order valence-electron chi connectivity index (χ1n) is 8.26. The molecule has 2 fully saturated rings. The van der Waals surface area contributed by atoms with Crippen LogP contribution < -0.4 is 5.32 Å². The van der Waals surface area contributed by atoms with Crippen LogP contribution in [0.15, 0.2) is 59.1 Å². The van der Waals surface area contributed by atoms with E-state index in [9.17, 15) is 9.59 Å². The van der Waals surface area contributed by atoms with Gasteiger partial charge in [0.2, 0.25) is 0 Å². The van der Waals surface area contributed by atoms with E-state index in [0.717, 1.165) is 15.6 Å². The van der Waals surface area contributed by atoms with E-state index >= 15 is 0 Å². The fourth-order valence-corrected chi connectivity index (χ4v) is 4.97. The summed E-state index contributed by atoms with van der Waals surface area (Å²) < 4.78 is 5.99. The van der Waals surface area contributed by atoms with Gasteiger partial charge >= 0.3 is 5.97 Å². The first-order chi connectivity index (χ1) is 12.1. The minimum absolute atomic E-state index is 0.184. The Hall–Kier alpha value is -1.98. The van der Waals surface area contributed by atoms with Crippen LogP contribution >= 0.6 is 15.9 Å². The molecule has 4 nitrogen and oxygen atoms in total. The van der Waals surface area contributed by atoms with Crippen molar-refractivity contribution in [3.8, 4) is 0 Å². The Morgan fingerprint density at radius 1 is 1.16 bits per heavy atom. The highest BCUT2D eigenvalue weighted by Crippen LogP contribution is 2.59. The number of carbonyl (C=O) groups is 2. The van der Waals surface area contributed by atoms with Crippen LogP contribution in [0.2, 0.25) is 0 Å². The van der Waals surface area contributed by atoms with E-state index in [4.69, 9.17) is 4.74 Å². The maximum absolute atomic E-state index is 12.6. The number of ether oxygens (including phenoxy) is 1. The summed E-state index contributed by atoms with van der Waals surface area (Å²) in [6.07, 6.45) is 0.357. The second-order valence-electron chi connectivity index (χ2n) is 6.65. The van der Waals surface area contributed by atoms with Crippen molar-refractivity contribution in [1.82, 2.24) is 5.32 Å². The van der Waals surface area contributed by atoms with Crippen LogP contribution in [0, 0.1) is 5.92 Å². The van der Waals surface area contributed by atoms with Crippen molar-refractivity contribution < 1.29 is 14.3 Å². The van der Waals surface area contributed by atoms with Gasteiger partial charge < -0.3 is 4.74 Å². The van der Waals surface area contributed by atoms with Gasteiger partial charge in [-0.1, -0.05) is 64.5 Å². The van der Waals surface area contributed by atoms with E-state index in [-0.39, 0.29) is 23.7 Å². The SMILES string of the molecule is COC(=O)[C@H]1N[C@@H](c2ccccc2Br)[C@H]2C(=O)C[C@@]12c1ccccc1. The van der Waals surface area contributed by atoms with Crippen molar-refractivity contribution >= 4 is 27.7 Å². The van der Waals surface area contributed by atoms with E-state index in [2.05, 4.69) is 21.2 Å². The third-order valence-corrected chi connectivity index (χ3v) is 6.27. The number of methoxy groups -OCH3 is 1. The number of esters is 1. The summed E-state index contributed by atoms with van der Waals surface area (Å²) in [5, 5.41) is 3.41. The number of carbonyl (C=O) groups excluding carboxylic acids is 2. The maximum Gasteiger partial charge on any atom is 0.323 e. The van der Waals surface area contributed by atoms with Crippen LogP contribution in [-0.4, -0.2) is 24.9 Å². The molecule has 0 unspecified atom stereocenters. The maximum atomic E-state index is 12.6. The quantitative estimate of drug-likeness (QED) is 0.805. The third kappa shape index (κ3) is 2.29. The molecule has 0 radical (unpaired) electrons. The fourth-order valence-electron chi connectivity index (χ4n) is 4.44. The Morgan fingerprint density at radius 3 is 2.48 bits per heavy atom. The lowest BCUT2D eigenvalue weighted by atomic mass is 9.53. The third-order valence-electron chi connectivity index (χ3n) is 5.55. The summed E-state index contributed by atoms with van der Waals surface area (Å²) in [5.41, 5.74) is 1.45. The van der Waals surface area contributed by atoms with E-state index in [1.807, 2.05) is 54.6 Å². The van der Waals surface area contributed by atoms with Crippen molar-refractivity contribution in [2.24, 2.45) is 5.92 Å². The fraction of sp³-hybridized carbons (Fsp3) is 0.300. The van der Waals surface area contributed by atoms with Gasteiger partial charge in [0.25, 0.3) is 0 Å². The summed E-state index contributed by atoms with van der Waals surface area (Å²) >= 11 is 3.58. The number of ketones is 1. The predicted molar refractivity (Wildman–Crippen MR) is 97.1 cm³/mol. The average molecular weight is 400 g/mol. The van der Waals surface area contributed by atoms with E-state index in [1.165, 1.54) is 7.11 Å². The lowest BCUT2D eigenvalue weighted by molar-refractivity contribution is -0.148. The summed E-state index contributed by atoms with van der Waals surface area (Å²) in [7, 11) is 1.39. The van der Waals surface area contributed by atoms with Crippen LogP contribution in [0.5, 0.6) is 0 Å². The molecular weight excluding hydrogens is 382 g/mol. The molecule has 4 atom stereocenters. The minimum Gasteiger partial charge on any atom is -0.468 e. The lowest BCUT2D eigenvalue weighted by Crippen LogP contribution is -2.58. The van der Waals surface area contributed by atoms with Crippen molar-refractivity contribution in [2.75, 3.05) is 7.11 Å². The molecule has 5 heteroatoms. The van der Waals surface area contributed by atoms with Gasteiger partial charge in [0.15, 0.2) is 0 Å². The molecule has 1 saturated heterocycles. The standard InChI is InChI=1S/C20H18BrNO3/c1-25-19(24)18-20(12-7-3-2-4-8-12)11-15(23)16(20)17(22-18)13-9-5-6-10-14(13)21/h2-10,16-18,22H,11H2,1H3/t16-,17+,18-,20+/m1/s1. The average Bonchev–Trinajstić information content (AvgIpc) is 2.91. The molecule has 1 N–H and O–H groups in total. The molecule has 0 amide bonds. The molecular formula is C20H18BrNO3. The normalized spacial score (nSPS) is 30.5. The van der Waals surface area contributed by atoms with E-state index < -0.39 is 11.5 Å². The van der Waals surface area contributed by atoms with Gasteiger partial charge in [-0.05, 0) is 17.2 Å². The number of rotatable bonds is 3. The Bertz CT molecular complexity index is 838. The zero-order valence-corrected chi connectivity index (χ0v) is 15.3. The first-order valence-corrected chi connectivity index (χ1v) is 9.05. The molecule has 1 aliphatic heterocycles. The summed E-state index contributed by atoms with van der Waals surface area (Å²) in [6, 6.07) is 16.9. The Kier molecular flexibility index (Phi) is 4.01. The number of fused-ring (bicyclic) bond motifs is 1. The monoisotopic (exact) mass is 399 g/mol. The van der Waals surface area contributed by atoms with Gasteiger partial charge in [0.1, 0.15) is 11.8 Å². The topological polar surface area (TPSA) is 55.4 Å². The number of hydrogen-bond acceptors (Lipinski definition) is 4. The van der Waals surface area contributed by atoms with Crippen LogP contribution in [-0.2, 0) is 19.7 Å². The van der Waals surface area contributed by atoms with Crippen molar-refractivity contribution in [2.45, 2.75) is 23.9 Å². The van der Waals surface area contributed by atoms with Crippen LogP contribution in [0.25, 0.3) is 0 Å². The first kappa shape index (κ1) is 16.5. The smallest absolute Gasteiger partial charge is 0.323 e. The summed E-state index contributed by atoms with van der Waals surface area (Å²) in [4.78, 5) is 25.2. The Balaban J connectivity index is 1.86. The molecule has 2 aliphatic rings. The zero-order valence-electron chi connectivity index (χ0n) is 13.7. The number of benzene rings is 2. The highest BCUT2D eigenvalue weighted by atomic mass is 79.9. The second-order valence-corrected chi connectivity index (χ2v) is 7.50. The number of halogens is 1. The van der Waals surface area contributed by atoms with E-state index in [1.54, 1.807) is 0 Å². The summed E-state index contributed by atoms with van der Waals surface area (Å²) in [6.45, 7) is 0. The van der Waals surface area contributed by atoms with Gasteiger partial charge in [0.05, 0.1) is 7.11 Å². The lowest BCUT2D eigenvalue weighted by Gasteiger charge is -2.46. The van der Waals surface area contributed by atoms with Crippen LogP contribution in [0.4, 0.5) is 0 Å². The molecule has 0 aromatic heterocycles. The molecule has 25 heavy (non-hydrogen) atoms. The summed E-state index contributed by atoms with van der Waals surface area (Å²) in [5.74, 6) is -0.419. The largest absolute Gasteiger partial charge is 0.468 e. The molecule has 1 heterocycles. The minimum atomic E-state index is -0.550. The molecule has 2 aromatic rings. The molecule has 0 bridgehead atoms. The zero-order chi connectivity index (χ0) is 17.6. The molecule has 0 spiro atoms. The van der Waals surface area contributed by atoms with Crippen molar-refractivity contribution in [3.63, 3.8) is 0 Å². The van der Waals surface area contributed by atoms with Crippen molar-refractivity contribution in [3.05, 3.63) is 70.2 Å². The van der Waals surface area contributed by atoms with Gasteiger partial charge in [-0.25, -0.2) is 0 Å². The molecule has 2 aromatic carbocycles. The van der Waals surface area contributed by atoms with Gasteiger partial charge in [-0.2, -0.15) is 0 Å². The molecule has 128 valence electrons. The van der Waals surface area contributed by atoms with Crippen LogP contribution in [0.3, 0.4) is 0 Å². The van der Waals surface area contributed by atoms with E-state index in [0.29, 0.717) is 6.42 Å². The number of nitrogens with one attached hydrogen (secondary N) is 1. The molecule has 1 saturated carbocycles. The number of hydrogen-bond donors (Lipinski definition) is 1. The number of Topliss-reactive ketones (excluding diaryl/α,β-unsaturated/α-hetero) is 1. The van der Waals surface area contributed by atoms with Gasteiger partial charge in [-0.15, -0.1) is 0 Å². The Morgan fingerprint density at radius 2 is 1.84 bits per heavy atom. The molecule has 4 rings (SSSR count). The highest BCUT2D eigenvalue weighted by Gasteiger charge is 2.68. The molecule has 1 aliphatic carbocycles. The van der Waals surface area contributed by atoms with Gasteiger partial charge in [-0.3, -0.25) is 14.9 Å². The van der Waals surface area contributed by atoms with Crippen LogP contribution in [0.1, 0.15) is 23.6 Å². The predicted octanol–water partition coefficient (Wildman–Crippen LogP) is 3.16.